The maximum atomic E-state index is 11.9. The average Bonchev–Trinajstić information content (AvgIpc) is 2.45. The highest BCUT2D eigenvalue weighted by atomic mass is 32.2. The highest BCUT2D eigenvalue weighted by Gasteiger charge is 2.07. The number of thioether (sulfide) groups is 1. The van der Waals surface area contributed by atoms with Gasteiger partial charge in [-0.1, -0.05) is 24.3 Å². The smallest absolute Gasteiger partial charge is 0.251 e. The predicted octanol–water partition coefficient (Wildman–Crippen LogP) is 3.04. The molecule has 2 N–H and O–H groups in total. The van der Waals surface area contributed by atoms with Gasteiger partial charge >= 0.3 is 0 Å². The summed E-state index contributed by atoms with van der Waals surface area (Å²) in [4.78, 5) is 13.1. The minimum atomic E-state index is -0.188. The molecule has 2 aromatic rings. The zero-order chi connectivity index (χ0) is 13.7. The number of rotatable bonds is 4. The van der Waals surface area contributed by atoms with Crippen LogP contribution in [0.1, 0.15) is 15.9 Å². The average molecular weight is 273 g/mol. The van der Waals surface area contributed by atoms with E-state index < -0.39 is 0 Å². The molecule has 0 fully saturated rings. The topological polar surface area (TPSA) is 49.3 Å². The fraction of sp³-hybridized carbons (Fsp3) is 0.133. The van der Waals surface area contributed by atoms with Crippen molar-refractivity contribution in [2.75, 3.05) is 6.26 Å². The molecule has 0 bridgehead atoms. The lowest BCUT2D eigenvalue weighted by Crippen LogP contribution is -2.22. The summed E-state index contributed by atoms with van der Waals surface area (Å²) in [5, 5.41) is 12.2. The maximum absolute atomic E-state index is 11.9. The third-order valence-corrected chi connectivity index (χ3v) is 3.58. The number of benzene rings is 2. The second-order valence-electron chi connectivity index (χ2n) is 4.04. The Hall–Kier alpha value is -1.94. The van der Waals surface area contributed by atoms with Gasteiger partial charge in [0.1, 0.15) is 5.75 Å². The van der Waals surface area contributed by atoms with E-state index in [1.807, 2.05) is 30.5 Å². The van der Waals surface area contributed by atoms with Gasteiger partial charge < -0.3 is 10.4 Å². The van der Waals surface area contributed by atoms with Crippen LogP contribution in [-0.2, 0) is 6.54 Å². The van der Waals surface area contributed by atoms with Gasteiger partial charge in [0, 0.05) is 17.0 Å². The molecule has 0 aromatic heterocycles. The van der Waals surface area contributed by atoms with Gasteiger partial charge in [-0.25, -0.2) is 0 Å². The van der Waals surface area contributed by atoms with Gasteiger partial charge in [0.2, 0.25) is 0 Å². The first-order chi connectivity index (χ1) is 9.20. The summed E-state index contributed by atoms with van der Waals surface area (Å²) in [6.07, 6.45) is 2.01. The number of hydrogen-bond donors (Lipinski definition) is 2. The molecule has 2 rings (SSSR count). The van der Waals surface area contributed by atoms with Crippen molar-refractivity contribution in [2.45, 2.75) is 11.4 Å². The van der Waals surface area contributed by atoms with Gasteiger partial charge in [-0.05, 0) is 36.1 Å². The van der Waals surface area contributed by atoms with Crippen LogP contribution in [0.2, 0.25) is 0 Å². The lowest BCUT2D eigenvalue weighted by atomic mass is 10.2. The van der Waals surface area contributed by atoms with E-state index in [9.17, 15) is 9.90 Å². The minimum absolute atomic E-state index is 0.0946. The van der Waals surface area contributed by atoms with E-state index in [0.29, 0.717) is 12.1 Å². The molecule has 0 spiro atoms. The number of phenolic OH excluding ortho intramolecular Hbond substituents is 1. The van der Waals surface area contributed by atoms with Crippen molar-refractivity contribution in [1.82, 2.24) is 5.32 Å². The first-order valence-electron chi connectivity index (χ1n) is 5.90. The van der Waals surface area contributed by atoms with E-state index in [1.54, 1.807) is 30.0 Å². The fourth-order valence-electron chi connectivity index (χ4n) is 1.77. The van der Waals surface area contributed by atoms with Crippen molar-refractivity contribution in [1.29, 1.82) is 0 Å². The van der Waals surface area contributed by atoms with Gasteiger partial charge in [-0.3, -0.25) is 4.79 Å². The third kappa shape index (κ3) is 3.51. The summed E-state index contributed by atoms with van der Waals surface area (Å²) in [5.74, 6) is -0.0935. The van der Waals surface area contributed by atoms with Crippen molar-refractivity contribution in [2.24, 2.45) is 0 Å². The molecule has 0 saturated heterocycles. The van der Waals surface area contributed by atoms with Crippen LogP contribution in [0.4, 0.5) is 0 Å². The van der Waals surface area contributed by atoms with Crippen LogP contribution < -0.4 is 5.32 Å². The van der Waals surface area contributed by atoms with E-state index in [1.165, 1.54) is 6.07 Å². The zero-order valence-corrected chi connectivity index (χ0v) is 11.4. The van der Waals surface area contributed by atoms with E-state index in [0.717, 1.165) is 10.5 Å². The zero-order valence-electron chi connectivity index (χ0n) is 10.6. The molecule has 19 heavy (non-hydrogen) atoms. The van der Waals surface area contributed by atoms with E-state index >= 15 is 0 Å². The van der Waals surface area contributed by atoms with Crippen LogP contribution in [0.25, 0.3) is 0 Å². The summed E-state index contributed by atoms with van der Waals surface area (Å²) in [6.45, 7) is 0.478. The number of carbonyl (C=O) groups is 1. The summed E-state index contributed by atoms with van der Waals surface area (Å²) < 4.78 is 0. The van der Waals surface area contributed by atoms with Gasteiger partial charge in [0.15, 0.2) is 0 Å². The third-order valence-electron chi connectivity index (χ3n) is 2.74. The molecule has 0 radical (unpaired) electrons. The van der Waals surface area contributed by atoms with Crippen LogP contribution in [0.5, 0.6) is 5.75 Å². The van der Waals surface area contributed by atoms with Gasteiger partial charge in [0.05, 0.1) is 0 Å². The Kier molecular flexibility index (Phi) is 4.47. The summed E-state index contributed by atoms with van der Waals surface area (Å²) in [7, 11) is 0. The van der Waals surface area contributed by atoms with Crippen LogP contribution in [0.15, 0.2) is 53.4 Å². The Morgan fingerprint density at radius 2 is 2.00 bits per heavy atom. The normalized spacial score (nSPS) is 10.2. The van der Waals surface area contributed by atoms with E-state index in [2.05, 4.69) is 5.32 Å². The van der Waals surface area contributed by atoms with Crippen molar-refractivity contribution in [3.05, 3.63) is 59.7 Å². The molecule has 98 valence electrons. The molecule has 0 aliphatic heterocycles. The largest absolute Gasteiger partial charge is 0.508 e. The second-order valence-corrected chi connectivity index (χ2v) is 4.89. The van der Waals surface area contributed by atoms with Crippen molar-refractivity contribution in [3.63, 3.8) is 0 Å². The van der Waals surface area contributed by atoms with Crippen LogP contribution >= 0.6 is 11.8 Å². The highest BCUT2D eigenvalue weighted by molar-refractivity contribution is 7.98. The molecular formula is C15H15NO2S. The lowest BCUT2D eigenvalue weighted by Gasteiger charge is -2.09. The Balaban J connectivity index is 2.04. The standard InChI is InChI=1S/C15H15NO2S/c1-19-14-8-3-2-5-12(14)10-16-15(18)11-6-4-7-13(17)9-11/h2-9,17H,10H2,1H3,(H,16,18). The predicted molar refractivity (Wildman–Crippen MR) is 77.5 cm³/mol. The first kappa shape index (κ1) is 13.5. The van der Waals surface area contributed by atoms with Crippen LogP contribution in [-0.4, -0.2) is 17.3 Å². The maximum Gasteiger partial charge on any atom is 0.251 e. The molecular weight excluding hydrogens is 258 g/mol. The monoisotopic (exact) mass is 273 g/mol. The quantitative estimate of drug-likeness (QED) is 0.842. The molecule has 0 aliphatic rings. The lowest BCUT2D eigenvalue weighted by molar-refractivity contribution is 0.0950. The van der Waals surface area contributed by atoms with Gasteiger partial charge in [-0.15, -0.1) is 11.8 Å². The molecule has 3 nitrogen and oxygen atoms in total. The molecule has 0 aliphatic carbocycles. The number of nitrogens with one attached hydrogen (secondary N) is 1. The number of aromatic hydroxyl groups is 1. The summed E-state index contributed by atoms with van der Waals surface area (Å²) in [6, 6.07) is 14.3. The van der Waals surface area contributed by atoms with Crippen molar-refractivity contribution < 1.29 is 9.90 Å². The van der Waals surface area contributed by atoms with E-state index in [-0.39, 0.29) is 11.7 Å². The Bertz CT molecular complexity index is 584. The number of hydrogen-bond acceptors (Lipinski definition) is 3. The first-order valence-corrected chi connectivity index (χ1v) is 7.12. The number of amides is 1. The van der Waals surface area contributed by atoms with Crippen molar-refractivity contribution in [3.8, 4) is 5.75 Å². The molecule has 4 heteroatoms. The molecule has 0 unspecified atom stereocenters. The molecule has 0 heterocycles. The highest BCUT2D eigenvalue weighted by Crippen LogP contribution is 2.19. The Morgan fingerprint density at radius 3 is 2.74 bits per heavy atom. The summed E-state index contributed by atoms with van der Waals surface area (Å²) >= 11 is 1.65. The molecule has 0 atom stereocenters. The minimum Gasteiger partial charge on any atom is -0.508 e. The van der Waals surface area contributed by atoms with Crippen LogP contribution in [0, 0.1) is 0 Å². The second kappa shape index (κ2) is 6.29. The van der Waals surface area contributed by atoms with Crippen LogP contribution in [0.3, 0.4) is 0 Å². The molecule has 2 aromatic carbocycles. The Morgan fingerprint density at radius 1 is 1.21 bits per heavy atom. The fourth-order valence-corrected chi connectivity index (χ4v) is 2.39. The van der Waals surface area contributed by atoms with Crippen molar-refractivity contribution >= 4 is 17.7 Å². The Labute approximate surface area is 116 Å². The van der Waals surface area contributed by atoms with Gasteiger partial charge in [0.25, 0.3) is 5.91 Å². The number of phenols is 1. The SMILES string of the molecule is CSc1ccccc1CNC(=O)c1cccc(O)c1. The number of carbonyl (C=O) groups excluding carboxylic acids is 1. The summed E-state index contributed by atoms with van der Waals surface area (Å²) in [5.41, 5.74) is 1.55. The molecule has 1 amide bonds. The molecule has 0 saturated carbocycles. The van der Waals surface area contributed by atoms with Gasteiger partial charge in [-0.2, -0.15) is 0 Å². The van der Waals surface area contributed by atoms with E-state index in [4.69, 9.17) is 0 Å².